The van der Waals surface area contributed by atoms with E-state index >= 15 is 0 Å². The molecular weight excluding hydrogens is 170 g/mol. The molecule has 2 aliphatic rings. The lowest BCUT2D eigenvalue weighted by molar-refractivity contribution is -0.0684. The van der Waals surface area contributed by atoms with Crippen molar-refractivity contribution in [3.05, 3.63) is 12.3 Å². The van der Waals surface area contributed by atoms with Crippen LogP contribution in [0, 0.1) is 0 Å². The third-order valence-electron chi connectivity index (χ3n) is 2.68. The molecule has 2 heterocycles. The van der Waals surface area contributed by atoms with E-state index in [1.165, 1.54) is 0 Å². The lowest BCUT2D eigenvalue weighted by Crippen LogP contribution is -2.50. The molecule has 0 aromatic heterocycles. The smallest absolute Gasteiger partial charge is 0.230 e. The van der Waals surface area contributed by atoms with Gasteiger partial charge in [-0.25, -0.2) is 0 Å². The Morgan fingerprint density at radius 2 is 2.38 bits per heavy atom. The highest BCUT2D eigenvalue weighted by atomic mass is 16.8. The molecule has 0 aliphatic carbocycles. The minimum Gasteiger partial charge on any atom is -0.465 e. The Kier molecular flexibility index (Phi) is 2.06. The van der Waals surface area contributed by atoms with Crippen LogP contribution < -0.4 is 5.73 Å². The average molecular weight is 185 g/mol. The third kappa shape index (κ3) is 1.17. The van der Waals surface area contributed by atoms with Crippen molar-refractivity contribution in [2.24, 2.45) is 5.73 Å². The van der Waals surface area contributed by atoms with E-state index in [1.807, 2.05) is 0 Å². The van der Waals surface area contributed by atoms with E-state index in [4.69, 9.17) is 19.9 Å². The maximum atomic E-state index is 6.17. The summed E-state index contributed by atoms with van der Waals surface area (Å²) in [4.78, 5) is 0. The highest BCUT2D eigenvalue weighted by Gasteiger charge is 2.54. The second kappa shape index (κ2) is 2.97. The van der Waals surface area contributed by atoms with Crippen molar-refractivity contribution in [2.45, 2.75) is 37.7 Å². The van der Waals surface area contributed by atoms with E-state index in [2.05, 4.69) is 13.5 Å². The van der Waals surface area contributed by atoms with E-state index in [0.29, 0.717) is 5.76 Å². The minimum absolute atomic E-state index is 0.181. The first-order valence-electron chi connectivity index (χ1n) is 4.56. The topological polar surface area (TPSA) is 53.7 Å². The molecule has 3 atom stereocenters. The lowest BCUT2D eigenvalue weighted by atomic mass is 9.89. The van der Waals surface area contributed by atoms with Crippen molar-refractivity contribution in [1.82, 2.24) is 0 Å². The zero-order chi connectivity index (χ0) is 9.47. The number of hydrogen-bond acceptors (Lipinski definition) is 4. The monoisotopic (exact) mass is 185 g/mol. The molecule has 2 aliphatic heterocycles. The first kappa shape index (κ1) is 8.99. The zero-order valence-corrected chi connectivity index (χ0v) is 7.79. The maximum absolute atomic E-state index is 6.17. The summed E-state index contributed by atoms with van der Waals surface area (Å²) in [6, 6.07) is 0. The molecule has 0 aromatic carbocycles. The molecule has 0 amide bonds. The Morgan fingerprint density at radius 3 is 3.08 bits per heavy atom. The highest BCUT2D eigenvalue weighted by molar-refractivity contribution is 5.20. The molecule has 3 unspecified atom stereocenters. The second-order valence-corrected chi connectivity index (χ2v) is 3.57. The van der Waals surface area contributed by atoms with E-state index in [-0.39, 0.29) is 19.2 Å². The van der Waals surface area contributed by atoms with Crippen LogP contribution in [0.2, 0.25) is 0 Å². The van der Waals surface area contributed by atoms with Crippen LogP contribution >= 0.6 is 0 Å². The van der Waals surface area contributed by atoms with Crippen LogP contribution in [0.1, 0.15) is 19.8 Å². The number of fused-ring (bicyclic) bond motifs is 1. The summed E-state index contributed by atoms with van der Waals surface area (Å²) < 4.78 is 16.0. The van der Waals surface area contributed by atoms with Crippen LogP contribution in [0.5, 0.6) is 0 Å². The van der Waals surface area contributed by atoms with Crippen molar-refractivity contribution in [3.8, 4) is 0 Å². The zero-order valence-electron chi connectivity index (χ0n) is 7.79. The molecule has 2 N–H and O–H groups in total. The van der Waals surface area contributed by atoms with E-state index in [1.54, 1.807) is 0 Å². The molecule has 2 rings (SSSR count). The summed E-state index contributed by atoms with van der Waals surface area (Å²) in [7, 11) is 0. The normalized spacial score (nSPS) is 43.4. The molecule has 4 nitrogen and oxygen atoms in total. The predicted molar refractivity (Wildman–Crippen MR) is 46.7 cm³/mol. The van der Waals surface area contributed by atoms with Gasteiger partial charge in [0.25, 0.3) is 0 Å². The Balaban J connectivity index is 2.20. The Hall–Kier alpha value is -0.580. The molecule has 2 fully saturated rings. The van der Waals surface area contributed by atoms with Gasteiger partial charge in [0.05, 0.1) is 0 Å². The van der Waals surface area contributed by atoms with E-state index in [9.17, 15) is 0 Å². The van der Waals surface area contributed by atoms with Crippen LogP contribution in [0.4, 0.5) is 0 Å². The summed E-state index contributed by atoms with van der Waals surface area (Å²) in [5, 5.41) is 0. The van der Waals surface area contributed by atoms with Gasteiger partial charge in [0, 0.05) is 0 Å². The minimum atomic E-state index is -0.560. The number of nitrogens with two attached hydrogens (primary N) is 1. The van der Waals surface area contributed by atoms with E-state index in [0.717, 1.165) is 12.8 Å². The molecule has 0 aromatic rings. The summed E-state index contributed by atoms with van der Waals surface area (Å²) in [5.74, 6) is 0.587. The molecule has 0 saturated carbocycles. The van der Waals surface area contributed by atoms with Gasteiger partial charge in [0.15, 0.2) is 6.79 Å². The molecule has 74 valence electrons. The Labute approximate surface area is 77.6 Å². The average Bonchev–Trinajstić information content (AvgIpc) is 2.59. The molecular formula is C9H15NO3. The van der Waals surface area contributed by atoms with Gasteiger partial charge >= 0.3 is 0 Å². The first-order chi connectivity index (χ1) is 6.18. The van der Waals surface area contributed by atoms with Crippen LogP contribution in [0.25, 0.3) is 0 Å². The van der Waals surface area contributed by atoms with Crippen molar-refractivity contribution in [1.29, 1.82) is 0 Å². The summed E-state index contributed by atoms with van der Waals surface area (Å²) in [5.41, 5.74) is 5.61. The van der Waals surface area contributed by atoms with Gasteiger partial charge in [0.1, 0.15) is 17.4 Å². The maximum Gasteiger partial charge on any atom is 0.230 e. The van der Waals surface area contributed by atoms with Gasteiger partial charge in [-0.05, 0) is 6.42 Å². The Bertz CT molecular complexity index is 231. The second-order valence-electron chi connectivity index (χ2n) is 3.57. The number of hydrogen-bond donors (Lipinski definition) is 1. The standard InChI is InChI=1S/C9H15NO3/c1-3-4-9(10)6(2)13-8-7(9)11-5-12-8/h7-8H,2-5,10H2,1H3. The van der Waals surface area contributed by atoms with Gasteiger partial charge in [-0.1, -0.05) is 19.9 Å². The van der Waals surface area contributed by atoms with Crippen molar-refractivity contribution in [2.75, 3.05) is 6.79 Å². The third-order valence-corrected chi connectivity index (χ3v) is 2.68. The van der Waals surface area contributed by atoms with Crippen molar-refractivity contribution in [3.63, 3.8) is 0 Å². The largest absolute Gasteiger partial charge is 0.465 e. The van der Waals surface area contributed by atoms with Crippen molar-refractivity contribution < 1.29 is 14.2 Å². The lowest BCUT2D eigenvalue weighted by Gasteiger charge is -2.26. The molecule has 2 saturated heterocycles. The summed E-state index contributed by atoms with van der Waals surface area (Å²) >= 11 is 0. The molecule has 13 heavy (non-hydrogen) atoms. The van der Waals surface area contributed by atoms with Crippen LogP contribution in [0.3, 0.4) is 0 Å². The Morgan fingerprint density at radius 1 is 1.62 bits per heavy atom. The molecule has 0 bridgehead atoms. The number of rotatable bonds is 2. The van der Waals surface area contributed by atoms with Gasteiger partial charge < -0.3 is 19.9 Å². The molecule has 4 heteroatoms. The van der Waals surface area contributed by atoms with E-state index < -0.39 is 5.54 Å². The van der Waals surface area contributed by atoms with Gasteiger partial charge in [-0.3, -0.25) is 0 Å². The van der Waals surface area contributed by atoms with Gasteiger partial charge in [0.2, 0.25) is 6.29 Å². The first-order valence-corrected chi connectivity index (χ1v) is 4.56. The summed E-state index contributed by atoms with van der Waals surface area (Å²) in [6.07, 6.45) is 1.27. The van der Waals surface area contributed by atoms with Crippen molar-refractivity contribution >= 4 is 0 Å². The fraction of sp³-hybridized carbons (Fsp3) is 0.778. The fourth-order valence-corrected chi connectivity index (χ4v) is 1.94. The van der Waals surface area contributed by atoms with Gasteiger partial charge in [-0.15, -0.1) is 0 Å². The van der Waals surface area contributed by atoms with Crippen LogP contribution in [0.15, 0.2) is 12.3 Å². The SMILES string of the molecule is C=C1OC2OCOC2C1(N)CCC. The van der Waals surface area contributed by atoms with Crippen LogP contribution in [-0.2, 0) is 14.2 Å². The fourth-order valence-electron chi connectivity index (χ4n) is 1.94. The predicted octanol–water partition coefficient (Wildman–Crippen LogP) is 0.727. The summed E-state index contributed by atoms with van der Waals surface area (Å²) in [6.45, 7) is 6.14. The van der Waals surface area contributed by atoms with Crippen LogP contribution in [-0.4, -0.2) is 24.7 Å². The number of ether oxygens (including phenoxy) is 3. The molecule has 0 spiro atoms. The highest BCUT2D eigenvalue weighted by Crippen LogP contribution is 2.39. The molecule has 0 radical (unpaired) electrons. The quantitative estimate of drug-likeness (QED) is 0.689. The van der Waals surface area contributed by atoms with Gasteiger partial charge in [-0.2, -0.15) is 0 Å².